The van der Waals surface area contributed by atoms with Crippen molar-refractivity contribution >= 4 is 50.4 Å². The highest BCUT2D eigenvalue weighted by atomic mass is 32.3. The molecular formula is C26H33N8O10S2+. The lowest BCUT2D eigenvalue weighted by Crippen LogP contribution is -2.76. The monoisotopic (exact) mass is 681 g/mol. The van der Waals surface area contributed by atoms with E-state index in [4.69, 9.17) is 25.6 Å². The molecule has 4 rings (SSSR count). The summed E-state index contributed by atoms with van der Waals surface area (Å²) in [6.07, 6.45) is 1.12. The summed E-state index contributed by atoms with van der Waals surface area (Å²) in [7, 11) is -3.09. The third-order valence-electron chi connectivity index (χ3n) is 6.93. The SMILES string of the molecule is Cn1c(-c2ccc(OCC(ON=C(C(=O)NC3C(=O)N(OS(=O)(=O)O)C3(C)C)c3csc(N)n3)C(=O)O)cc2)cc[n+]1CCCN. The lowest BCUT2D eigenvalue weighted by atomic mass is 9.84. The second-order valence-electron chi connectivity index (χ2n) is 10.5. The average molecular weight is 682 g/mol. The summed E-state index contributed by atoms with van der Waals surface area (Å²) >= 11 is 0.961. The number of carboxylic acid groups (broad SMARTS) is 1. The Balaban J connectivity index is 1.45. The van der Waals surface area contributed by atoms with Crippen molar-refractivity contribution in [2.24, 2.45) is 17.9 Å². The number of nitrogens with one attached hydrogen (secondary N) is 1. The Morgan fingerprint density at radius 1 is 1.26 bits per heavy atom. The second kappa shape index (κ2) is 13.8. The van der Waals surface area contributed by atoms with E-state index in [2.05, 4.69) is 19.7 Å². The molecule has 0 spiro atoms. The number of nitrogens with zero attached hydrogens (tertiary/aromatic N) is 5. The molecule has 2 amide bonds. The Morgan fingerprint density at radius 3 is 2.52 bits per heavy atom. The van der Waals surface area contributed by atoms with E-state index in [-0.39, 0.29) is 10.8 Å². The predicted molar refractivity (Wildman–Crippen MR) is 161 cm³/mol. The molecule has 1 aliphatic heterocycles. The highest BCUT2D eigenvalue weighted by Gasteiger charge is 2.58. The number of aromatic nitrogens is 3. The molecule has 0 saturated carbocycles. The number of carbonyl (C=O) groups is 3. The molecule has 2 unspecified atom stereocenters. The minimum atomic E-state index is -5.01. The third-order valence-corrected chi connectivity index (χ3v) is 7.94. The molecule has 0 radical (unpaired) electrons. The number of carbonyl (C=O) groups excluding carboxylic acids is 2. The van der Waals surface area contributed by atoms with Gasteiger partial charge in [0.2, 0.25) is 0 Å². The lowest BCUT2D eigenvalue weighted by Gasteiger charge is -2.50. The van der Waals surface area contributed by atoms with Crippen LogP contribution in [-0.4, -0.2) is 87.1 Å². The molecule has 20 heteroatoms. The number of hydrogen-bond acceptors (Lipinski definition) is 13. The summed E-state index contributed by atoms with van der Waals surface area (Å²) in [6.45, 7) is 3.58. The van der Waals surface area contributed by atoms with E-state index < -0.39 is 58.2 Å². The van der Waals surface area contributed by atoms with Crippen molar-refractivity contribution in [3.05, 3.63) is 47.6 Å². The van der Waals surface area contributed by atoms with Gasteiger partial charge in [-0.2, -0.15) is 18.2 Å². The number of carboxylic acids is 1. The maximum Gasteiger partial charge on any atom is 0.418 e. The first kappa shape index (κ1) is 34.2. The van der Waals surface area contributed by atoms with Gasteiger partial charge in [0.15, 0.2) is 23.6 Å². The smallest absolute Gasteiger partial charge is 0.418 e. The Bertz CT molecular complexity index is 1740. The average Bonchev–Trinajstić information content (AvgIpc) is 3.59. The van der Waals surface area contributed by atoms with Crippen molar-refractivity contribution in [1.29, 1.82) is 0 Å². The van der Waals surface area contributed by atoms with E-state index in [9.17, 15) is 27.9 Å². The molecule has 1 aromatic carbocycles. The van der Waals surface area contributed by atoms with E-state index in [0.29, 0.717) is 17.4 Å². The van der Waals surface area contributed by atoms with E-state index in [0.717, 1.165) is 35.6 Å². The van der Waals surface area contributed by atoms with Crippen LogP contribution < -0.4 is 26.2 Å². The van der Waals surface area contributed by atoms with Gasteiger partial charge in [0.1, 0.15) is 29.8 Å². The summed E-state index contributed by atoms with van der Waals surface area (Å²) in [5.41, 5.74) is 11.1. The van der Waals surface area contributed by atoms with Crippen molar-refractivity contribution in [2.75, 3.05) is 18.9 Å². The van der Waals surface area contributed by atoms with Crippen molar-refractivity contribution in [3.8, 4) is 17.0 Å². The van der Waals surface area contributed by atoms with Crippen LogP contribution in [0, 0.1) is 0 Å². The molecule has 3 aromatic rings. The summed E-state index contributed by atoms with van der Waals surface area (Å²) < 4.78 is 45.0. The molecule has 7 N–H and O–H groups in total. The summed E-state index contributed by atoms with van der Waals surface area (Å²) in [5.74, 6) is -3.11. The first-order valence-electron chi connectivity index (χ1n) is 13.6. The van der Waals surface area contributed by atoms with Crippen LogP contribution in [-0.2, 0) is 47.5 Å². The number of thiazole rings is 1. The fraction of sp³-hybridized carbons (Fsp3) is 0.385. The zero-order valence-electron chi connectivity index (χ0n) is 24.9. The second-order valence-corrected chi connectivity index (χ2v) is 12.4. The highest BCUT2D eigenvalue weighted by molar-refractivity contribution is 7.80. The van der Waals surface area contributed by atoms with Crippen molar-refractivity contribution in [3.63, 3.8) is 0 Å². The topological polar surface area (TPSA) is 255 Å². The van der Waals surface area contributed by atoms with Crippen LogP contribution in [0.4, 0.5) is 5.13 Å². The van der Waals surface area contributed by atoms with Gasteiger partial charge in [0.25, 0.3) is 17.9 Å². The van der Waals surface area contributed by atoms with Gasteiger partial charge >= 0.3 is 16.4 Å². The number of hydroxylamine groups is 2. The number of anilines is 1. The molecule has 1 aliphatic rings. The van der Waals surface area contributed by atoms with Crippen LogP contribution >= 0.6 is 11.3 Å². The molecule has 1 fully saturated rings. The molecular weight excluding hydrogens is 648 g/mol. The number of ether oxygens (including phenoxy) is 1. The van der Waals surface area contributed by atoms with Gasteiger partial charge in [-0.25, -0.2) is 9.78 Å². The Morgan fingerprint density at radius 2 is 1.96 bits per heavy atom. The quantitative estimate of drug-likeness (QED) is 0.0445. The first-order chi connectivity index (χ1) is 21.6. The van der Waals surface area contributed by atoms with Gasteiger partial charge in [-0.05, 0) is 44.7 Å². The maximum absolute atomic E-state index is 13.2. The molecule has 1 saturated heterocycles. The fourth-order valence-corrected chi connectivity index (χ4v) is 5.44. The van der Waals surface area contributed by atoms with Crippen LogP contribution in [0.1, 0.15) is 26.0 Å². The number of β-lactam (4-membered cyclic amide) rings is 1. The number of aliphatic carboxylic acids is 1. The normalized spacial score (nSPS) is 16.9. The highest BCUT2D eigenvalue weighted by Crippen LogP contribution is 2.33. The molecule has 46 heavy (non-hydrogen) atoms. The fourth-order valence-electron chi connectivity index (χ4n) is 4.44. The third kappa shape index (κ3) is 7.77. The van der Waals surface area contributed by atoms with E-state index >= 15 is 0 Å². The van der Waals surface area contributed by atoms with Crippen LogP contribution in [0.2, 0.25) is 0 Å². The Hall–Kier alpha value is -4.63. The molecule has 2 aromatic heterocycles. The van der Waals surface area contributed by atoms with Gasteiger partial charge < -0.3 is 31.5 Å². The number of amides is 2. The number of aryl methyl sites for hydroxylation is 1. The number of oxime groups is 1. The van der Waals surface area contributed by atoms with E-state index in [1.165, 1.54) is 19.2 Å². The molecule has 18 nitrogen and oxygen atoms in total. The summed E-state index contributed by atoms with van der Waals surface area (Å²) in [6, 6.07) is 7.60. The molecule has 0 bridgehead atoms. The predicted octanol–water partition coefficient (Wildman–Crippen LogP) is -0.540. The van der Waals surface area contributed by atoms with Gasteiger partial charge in [-0.15, -0.1) is 20.3 Å². The van der Waals surface area contributed by atoms with Crippen LogP contribution in [0.25, 0.3) is 11.3 Å². The molecule has 248 valence electrons. The maximum atomic E-state index is 13.2. The number of nitrogens with two attached hydrogens (primary N) is 2. The number of benzene rings is 1. The minimum absolute atomic E-state index is 0.0607. The van der Waals surface area contributed by atoms with Crippen LogP contribution in [0.15, 0.2) is 47.1 Å². The number of hydrogen-bond donors (Lipinski definition) is 5. The van der Waals surface area contributed by atoms with Crippen molar-refractivity contribution in [2.45, 2.75) is 44.5 Å². The largest absolute Gasteiger partial charge is 0.489 e. The van der Waals surface area contributed by atoms with Gasteiger partial charge in [-0.1, -0.05) is 5.16 Å². The zero-order chi connectivity index (χ0) is 33.8. The number of nitrogen functional groups attached to an aromatic ring is 1. The lowest BCUT2D eigenvalue weighted by molar-refractivity contribution is -0.772. The Labute approximate surface area is 267 Å². The van der Waals surface area contributed by atoms with Gasteiger partial charge in [0.05, 0.1) is 12.6 Å². The van der Waals surface area contributed by atoms with Crippen LogP contribution in [0.5, 0.6) is 5.75 Å². The molecule has 3 heterocycles. The Kier molecular flexibility index (Phi) is 10.3. The zero-order valence-corrected chi connectivity index (χ0v) is 26.5. The van der Waals surface area contributed by atoms with Crippen molar-refractivity contribution in [1.82, 2.24) is 20.0 Å². The van der Waals surface area contributed by atoms with Crippen LogP contribution in [0.3, 0.4) is 0 Å². The van der Waals surface area contributed by atoms with Gasteiger partial charge in [-0.3, -0.25) is 14.1 Å². The molecule has 2 atom stereocenters. The van der Waals surface area contributed by atoms with E-state index in [1.54, 1.807) is 12.1 Å². The van der Waals surface area contributed by atoms with Crippen molar-refractivity contribution < 1.29 is 51.0 Å². The first-order valence-corrected chi connectivity index (χ1v) is 15.9. The number of rotatable bonds is 15. The summed E-state index contributed by atoms with van der Waals surface area (Å²) in [4.78, 5) is 46.8. The minimum Gasteiger partial charge on any atom is -0.489 e. The van der Waals surface area contributed by atoms with Gasteiger partial charge in [0, 0.05) is 23.4 Å². The molecule has 0 aliphatic carbocycles. The standard InChI is InChI=1S/C26H32N8O10S2/c1-26(2)21(23(36)34(26)44-46(39,40)41)30-22(35)20(17-14-45-25(28)29-17)31-43-19(24(37)38)13-42-16-7-5-15(6-8-16)18-9-12-33(32(18)3)11-4-10-27/h5-9,12,14,19,21H,4,10-11,13,27H2,1-3H3,(H4-,28,29,30,35,37,38,39,40,41)/p+1. The van der Waals surface area contributed by atoms with E-state index in [1.807, 2.05) is 40.8 Å². The summed E-state index contributed by atoms with van der Waals surface area (Å²) in [5, 5.41) is 17.6.